The van der Waals surface area contributed by atoms with Crippen molar-refractivity contribution >= 4 is 23.5 Å². The molecule has 1 aliphatic rings. The predicted octanol–water partition coefficient (Wildman–Crippen LogP) is 3.29. The number of ether oxygens (including phenoxy) is 1. The van der Waals surface area contributed by atoms with Gasteiger partial charge in [-0.2, -0.15) is 0 Å². The zero-order chi connectivity index (χ0) is 16.8. The molecule has 1 aliphatic carbocycles. The van der Waals surface area contributed by atoms with Crippen LogP contribution in [0.15, 0.2) is 18.2 Å². The molecule has 1 aromatic rings. The molecule has 0 aliphatic heterocycles. The van der Waals surface area contributed by atoms with Crippen molar-refractivity contribution in [3.05, 3.63) is 28.8 Å². The molecule has 1 amide bonds. The molecule has 0 radical (unpaired) electrons. The number of amides is 1. The molecule has 1 atom stereocenters. The Labute approximate surface area is 141 Å². The fourth-order valence-corrected chi connectivity index (χ4v) is 2.90. The van der Waals surface area contributed by atoms with Crippen molar-refractivity contribution in [2.24, 2.45) is 5.92 Å². The minimum absolute atomic E-state index is 0.0515. The van der Waals surface area contributed by atoms with Crippen molar-refractivity contribution in [1.82, 2.24) is 5.32 Å². The quantitative estimate of drug-likeness (QED) is 0.807. The van der Waals surface area contributed by atoms with E-state index in [-0.39, 0.29) is 17.2 Å². The Bertz CT molecular complexity index is 570. The summed E-state index contributed by atoms with van der Waals surface area (Å²) in [6.45, 7) is 2.12. The first-order valence-electron chi connectivity index (χ1n) is 7.94. The van der Waals surface area contributed by atoms with Crippen molar-refractivity contribution in [1.29, 1.82) is 0 Å². The molecule has 1 aromatic carbocycles. The number of phenols is 1. The fraction of sp³-hybridized carbons (Fsp3) is 0.529. The molecule has 0 aromatic heterocycles. The predicted molar refractivity (Wildman–Crippen MR) is 87.6 cm³/mol. The van der Waals surface area contributed by atoms with Crippen molar-refractivity contribution in [2.75, 3.05) is 6.54 Å². The highest BCUT2D eigenvalue weighted by Crippen LogP contribution is 2.24. The second-order valence-corrected chi connectivity index (χ2v) is 6.39. The highest BCUT2D eigenvalue weighted by atomic mass is 35.5. The van der Waals surface area contributed by atoms with Gasteiger partial charge in [0, 0.05) is 11.6 Å². The van der Waals surface area contributed by atoms with Gasteiger partial charge in [0.05, 0.1) is 0 Å². The largest absolute Gasteiger partial charge is 0.507 e. The summed E-state index contributed by atoms with van der Waals surface area (Å²) in [6.07, 6.45) is 5.01. The second kappa shape index (κ2) is 8.20. The van der Waals surface area contributed by atoms with Gasteiger partial charge in [0.2, 0.25) is 0 Å². The second-order valence-electron chi connectivity index (χ2n) is 5.96. The van der Waals surface area contributed by atoms with E-state index >= 15 is 0 Å². The zero-order valence-electron chi connectivity index (χ0n) is 13.2. The molecule has 1 saturated carbocycles. The number of nitrogens with one attached hydrogen (secondary N) is 1. The Kier molecular flexibility index (Phi) is 6.28. The standard InChI is InChI=1S/C17H22ClNO4/c1-11(16(21)19-10-12-5-3-2-4-6-12)23-17(22)14-9-13(18)7-8-15(14)20/h7-9,11-12,20H,2-6,10H2,1H3,(H,19,21)/t11-/m1/s1. The Morgan fingerprint density at radius 2 is 2.04 bits per heavy atom. The van der Waals surface area contributed by atoms with Crippen LogP contribution >= 0.6 is 11.6 Å². The van der Waals surface area contributed by atoms with Crippen LogP contribution in [0.3, 0.4) is 0 Å². The number of esters is 1. The maximum Gasteiger partial charge on any atom is 0.342 e. The minimum Gasteiger partial charge on any atom is -0.507 e. The van der Waals surface area contributed by atoms with Gasteiger partial charge in [-0.3, -0.25) is 4.79 Å². The van der Waals surface area contributed by atoms with Gasteiger partial charge in [-0.15, -0.1) is 0 Å². The molecule has 126 valence electrons. The van der Waals surface area contributed by atoms with E-state index in [1.165, 1.54) is 44.4 Å². The summed E-state index contributed by atoms with van der Waals surface area (Å²) >= 11 is 5.80. The van der Waals surface area contributed by atoms with Crippen LogP contribution in [0, 0.1) is 5.92 Å². The van der Waals surface area contributed by atoms with Gasteiger partial charge in [0.1, 0.15) is 11.3 Å². The molecule has 2 rings (SSSR count). The molecule has 0 bridgehead atoms. The van der Waals surface area contributed by atoms with Crippen LogP contribution < -0.4 is 5.32 Å². The fourth-order valence-electron chi connectivity index (χ4n) is 2.73. The lowest BCUT2D eigenvalue weighted by Crippen LogP contribution is -2.38. The lowest BCUT2D eigenvalue weighted by Gasteiger charge is -2.22. The van der Waals surface area contributed by atoms with E-state index < -0.39 is 12.1 Å². The number of carbonyl (C=O) groups excluding carboxylic acids is 2. The van der Waals surface area contributed by atoms with Gasteiger partial charge in [-0.1, -0.05) is 30.9 Å². The zero-order valence-corrected chi connectivity index (χ0v) is 13.9. The van der Waals surface area contributed by atoms with Gasteiger partial charge in [-0.25, -0.2) is 4.79 Å². The van der Waals surface area contributed by atoms with Crippen LogP contribution in [0.25, 0.3) is 0 Å². The van der Waals surface area contributed by atoms with Crippen LogP contribution in [0.4, 0.5) is 0 Å². The van der Waals surface area contributed by atoms with Crippen LogP contribution in [0.1, 0.15) is 49.4 Å². The third-order valence-electron chi connectivity index (χ3n) is 4.12. The summed E-state index contributed by atoms with van der Waals surface area (Å²) in [4.78, 5) is 24.0. The monoisotopic (exact) mass is 339 g/mol. The number of phenolic OH excluding ortho intramolecular Hbond substituents is 1. The van der Waals surface area contributed by atoms with Crippen molar-refractivity contribution in [2.45, 2.75) is 45.1 Å². The van der Waals surface area contributed by atoms with Gasteiger partial charge in [-0.05, 0) is 43.9 Å². The number of carbonyl (C=O) groups is 2. The highest BCUT2D eigenvalue weighted by Gasteiger charge is 2.22. The first-order valence-corrected chi connectivity index (χ1v) is 8.32. The average Bonchev–Trinajstić information content (AvgIpc) is 2.55. The van der Waals surface area contributed by atoms with Crippen LogP contribution in [-0.2, 0) is 9.53 Å². The van der Waals surface area contributed by atoms with Crippen LogP contribution in [-0.4, -0.2) is 29.6 Å². The first kappa shape index (κ1) is 17.6. The third kappa shape index (κ3) is 5.13. The number of hydrogen-bond acceptors (Lipinski definition) is 4. The number of rotatable bonds is 5. The summed E-state index contributed by atoms with van der Waals surface area (Å²) in [5.41, 5.74) is -0.0515. The third-order valence-corrected chi connectivity index (χ3v) is 4.36. The van der Waals surface area contributed by atoms with E-state index in [4.69, 9.17) is 16.3 Å². The SMILES string of the molecule is C[C@@H](OC(=O)c1cc(Cl)ccc1O)C(=O)NCC1CCCCC1. The van der Waals surface area contributed by atoms with Gasteiger partial charge in [0.25, 0.3) is 5.91 Å². The Hall–Kier alpha value is -1.75. The van der Waals surface area contributed by atoms with Crippen molar-refractivity contribution in [3.8, 4) is 5.75 Å². The van der Waals surface area contributed by atoms with Crippen LogP contribution in [0.5, 0.6) is 5.75 Å². The number of benzene rings is 1. The average molecular weight is 340 g/mol. The van der Waals surface area contributed by atoms with E-state index in [0.717, 1.165) is 12.8 Å². The van der Waals surface area contributed by atoms with E-state index in [1.54, 1.807) is 0 Å². The molecule has 0 unspecified atom stereocenters. The van der Waals surface area contributed by atoms with E-state index in [0.29, 0.717) is 17.5 Å². The summed E-state index contributed by atoms with van der Waals surface area (Å²) in [5.74, 6) is -0.822. The maximum absolute atomic E-state index is 12.0. The van der Waals surface area contributed by atoms with E-state index in [1.807, 2.05) is 0 Å². The summed E-state index contributed by atoms with van der Waals surface area (Å²) < 4.78 is 5.10. The van der Waals surface area contributed by atoms with Crippen molar-refractivity contribution < 1.29 is 19.4 Å². The molecule has 0 spiro atoms. The molecular weight excluding hydrogens is 318 g/mol. The summed E-state index contributed by atoms with van der Waals surface area (Å²) in [7, 11) is 0. The Morgan fingerprint density at radius 3 is 2.74 bits per heavy atom. The molecule has 5 nitrogen and oxygen atoms in total. The lowest BCUT2D eigenvalue weighted by atomic mass is 9.89. The molecule has 23 heavy (non-hydrogen) atoms. The normalized spacial score (nSPS) is 16.6. The molecule has 0 heterocycles. The Balaban J connectivity index is 1.84. The molecule has 1 fully saturated rings. The highest BCUT2D eigenvalue weighted by molar-refractivity contribution is 6.31. The number of hydrogen-bond donors (Lipinski definition) is 2. The first-order chi connectivity index (χ1) is 11.0. The molecule has 6 heteroatoms. The lowest BCUT2D eigenvalue weighted by molar-refractivity contribution is -0.129. The molecule has 0 saturated heterocycles. The number of aromatic hydroxyl groups is 1. The van der Waals surface area contributed by atoms with Crippen molar-refractivity contribution in [3.63, 3.8) is 0 Å². The van der Waals surface area contributed by atoms with Gasteiger partial charge < -0.3 is 15.2 Å². The smallest absolute Gasteiger partial charge is 0.342 e. The summed E-state index contributed by atoms with van der Waals surface area (Å²) in [6, 6.07) is 4.09. The van der Waals surface area contributed by atoms with E-state index in [2.05, 4.69) is 5.32 Å². The summed E-state index contributed by atoms with van der Waals surface area (Å²) in [5, 5.41) is 12.8. The topological polar surface area (TPSA) is 75.6 Å². The number of halogens is 1. The van der Waals surface area contributed by atoms with Gasteiger partial charge in [0.15, 0.2) is 6.10 Å². The maximum atomic E-state index is 12.0. The molecular formula is C17H22ClNO4. The van der Waals surface area contributed by atoms with Crippen LogP contribution in [0.2, 0.25) is 5.02 Å². The molecule has 2 N–H and O–H groups in total. The van der Waals surface area contributed by atoms with Gasteiger partial charge >= 0.3 is 5.97 Å². The Morgan fingerprint density at radius 1 is 1.35 bits per heavy atom. The minimum atomic E-state index is -0.926. The van der Waals surface area contributed by atoms with E-state index in [9.17, 15) is 14.7 Å².